The van der Waals surface area contributed by atoms with E-state index in [1.54, 1.807) is 14.2 Å². The molecule has 3 heteroatoms. The standard InChI is InChI=1S/C28H32O3/c1-21-9-14-27(31-21)19-20-28(22-7-5-4-6-8-22,23-10-15-25(29-2)16-11-23)24-12-17-26(30-3)18-13-24/h4-8,10-13,15-18,21,27H,9,14,19-20H2,1-3H3. The van der Waals surface area contributed by atoms with Crippen molar-refractivity contribution in [3.8, 4) is 11.5 Å². The first-order valence-electron chi connectivity index (χ1n) is 11.2. The maximum atomic E-state index is 6.20. The van der Waals surface area contributed by atoms with Crippen molar-refractivity contribution in [2.45, 2.75) is 50.2 Å². The van der Waals surface area contributed by atoms with Crippen LogP contribution in [-0.4, -0.2) is 26.4 Å². The largest absolute Gasteiger partial charge is 0.497 e. The Bertz CT molecular complexity index is 900. The Hall–Kier alpha value is -2.78. The minimum absolute atomic E-state index is 0.283. The van der Waals surface area contributed by atoms with Crippen molar-refractivity contribution in [3.05, 3.63) is 95.6 Å². The molecule has 4 rings (SSSR count). The summed E-state index contributed by atoms with van der Waals surface area (Å²) in [5, 5.41) is 0. The summed E-state index contributed by atoms with van der Waals surface area (Å²) in [6.45, 7) is 2.18. The molecule has 3 aromatic rings. The Morgan fingerprint density at radius 3 is 1.71 bits per heavy atom. The molecular weight excluding hydrogens is 384 g/mol. The highest BCUT2D eigenvalue weighted by atomic mass is 16.5. The molecule has 0 amide bonds. The van der Waals surface area contributed by atoms with Crippen LogP contribution in [0.2, 0.25) is 0 Å². The SMILES string of the molecule is COc1ccc(C(CCC2CCC(C)O2)(c2ccccc2)c2ccc(OC)cc2)cc1. The van der Waals surface area contributed by atoms with Crippen LogP contribution in [0.5, 0.6) is 11.5 Å². The van der Waals surface area contributed by atoms with Gasteiger partial charge < -0.3 is 14.2 Å². The van der Waals surface area contributed by atoms with Gasteiger partial charge in [0.2, 0.25) is 0 Å². The van der Waals surface area contributed by atoms with Gasteiger partial charge >= 0.3 is 0 Å². The number of methoxy groups -OCH3 is 2. The second-order valence-electron chi connectivity index (χ2n) is 8.41. The number of hydrogen-bond donors (Lipinski definition) is 0. The molecule has 31 heavy (non-hydrogen) atoms. The normalized spacial score (nSPS) is 18.7. The summed E-state index contributed by atoms with van der Waals surface area (Å²) in [5.41, 5.74) is 3.53. The zero-order valence-electron chi connectivity index (χ0n) is 18.7. The number of hydrogen-bond acceptors (Lipinski definition) is 3. The highest BCUT2D eigenvalue weighted by Crippen LogP contribution is 2.45. The molecule has 0 radical (unpaired) electrons. The van der Waals surface area contributed by atoms with Gasteiger partial charge in [-0.25, -0.2) is 0 Å². The topological polar surface area (TPSA) is 27.7 Å². The van der Waals surface area contributed by atoms with Gasteiger partial charge in [-0.1, -0.05) is 54.6 Å². The van der Waals surface area contributed by atoms with E-state index in [4.69, 9.17) is 14.2 Å². The van der Waals surface area contributed by atoms with Crippen LogP contribution in [0.4, 0.5) is 0 Å². The van der Waals surface area contributed by atoms with Gasteiger partial charge in [-0.05, 0) is 73.6 Å². The van der Waals surface area contributed by atoms with Crippen molar-refractivity contribution in [2.24, 2.45) is 0 Å². The lowest BCUT2D eigenvalue weighted by atomic mass is 9.66. The average Bonchev–Trinajstić information content (AvgIpc) is 3.26. The minimum Gasteiger partial charge on any atom is -0.497 e. The van der Waals surface area contributed by atoms with Gasteiger partial charge in [-0.2, -0.15) is 0 Å². The smallest absolute Gasteiger partial charge is 0.118 e. The third-order valence-corrected chi connectivity index (χ3v) is 6.59. The van der Waals surface area contributed by atoms with Crippen LogP contribution in [-0.2, 0) is 10.2 Å². The molecule has 0 N–H and O–H groups in total. The monoisotopic (exact) mass is 416 g/mol. The quantitative estimate of drug-likeness (QED) is 0.399. The van der Waals surface area contributed by atoms with Gasteiger partial charge in [-0.3, -0.25) is 0 Å². The van der Waals surface area contributed by atoms with Crippen LogP contribution >= 0.6 is 0 Å². The van der Waals surface area contributed by atoms with Crippen LogP contribution in [0.1, 0.15) is 49.3 Å². The van der Waals surface area contributed by atoms with Crippen LogP contribution < -0.4 is 9.47 Å². The summed E-state index contributed by atoms with van der Waals surface area (Å²) in [6.07, 6.45) is 4.93. The van der Waals surface area contributed by atoms with Gasteiger partial charge in [0.05, 0.1) is 26.4 Å². The molecule has 0 saturated carbocycles. The Labute approximate surface area is 186 Å². The molecule has 2 unspecified atom stereocenters. The first-order valence-corrected chi connectivity index (χ1v) is 11.2. The Kier molecular flexibility index (Phi) is 6.62. The predicted octanol–water partition coefficient (Wildman–Crippen LogP) is 6.39. The summed E-state index contributed by atoms with van der Waals surface area (Å²) < 4.78 is 17.1. The fourth-order valence-corrected chi connectivity index (χ4v) is 4.88. The highest BCUT2D eigenvalue weighted by molar-refractivity contribution is 5.52. The van der Waals surface area contributed by atoms with Gasteiger partial charge in [-0.15, -0.1) is 0 Å². The van der Waals surface area contributed by atoms with Crippen molar-refractivity contribution in [3.63, 3.8) is 0 Å². The summed E-state index contributed by atoms with van der Waals surface area (Å²) in [6, 6.07) is 27.9. The van der Waals surface area contributed by atoms with Crippen molar-refractivity contribution < 1.29 is 14.2 Å². The van der Waals surface area contributed by atoms with Crippen LogP contribution in [0.3, 0.4) is 0 Å². The van der Waals surface area contributed by atoms with Crippen molar-refractivity contribution >= 4 is 0 Å². The Morgan fingerprint density at radius 1 is 0.742 bits per heavy atom. The molecule has 1 saturated heterocycles. The van der Waals surface area contributed by atoms with Gasteiger partial charge in [0.1, 0.15) is 11.5 Å². The van der Waals surface area contributed by atoms with E-state index in [0.29, 0.717) is 12.2 Å². The lowest BCUT2D eigenvalue weighted by molar-refractivity contribution is 0.0477. The predicted molar refractivity (Wildman–Crippen MR) is 125 cm³/mol. The average molecular weight is 417 g/mol. The van der Waals surface area contributed by atoms with E-state index in [1.165, 1.54) is 16.7 Å². The molecule has 1 heterocycles. The third kappa shape index (κ3) is 4.47. The van der Waals surface area contributed by atoms with E-state index in [2.05, 4.69) is 85.8 Å². The molecule has 1 fully saturated rings. The molecule has 0 aliphatic carbocycles. The van der Waals surface area contributed by atoms with E-state index < -0.39 is 0 Å². The maximum absolute atomic E-state index is 6.20. The molecule has 3 aromatic carbocycles. The highest BCUT2D eigenvalue weighted by Gasteiger charge is 2.37. The molecule has 0 bridgehead atoms. The molecular formula is C28H32O3. The van der Waals surface area contributed by atoms with E-state index in [-0.39, 0.29) is 5.41 Å². The van der Waals surface area contributed by atoms with Crippen molar-refractivity contribution in [2.75, 3.05) is 14.2 Å². The summed E-state index contributed by atoms with van der Waals surface area (Å²) in [7, 11) is 3.42. The summed E-state index contributed by atoms with van der Waals surface area (Å²) in [4.78, 5) is 0. The van der Waals surface area contributed by atoms with Gasteiger partial charge in [0.15, 0.2) is 0 Å². The maximum Gasteiger partial charge on any atom is 0.118 e. The van der Waals surface area contributed by atoms with E-state index >= 15 is 0 Å². The van der Waals surface area contributed by atoms with Crippen molar-refractivity contribution in [1.29, 1.82) is 0 Å². The Balaban J connectivity index is 1.83. The third-order valence-electron chi connectivity index (χ3n) is 6.59. The minimum atomic E-state index is -0.283. The second-order valence-corrected chi connectivity index (χ2v) is 8.41. The molecule has 162 valence electrons. The molecule has 2 atom stereocenters. The second kappa shape index (κ2) is 9.57. The first-order chi connectivity index (χ1) is 15.2. The molecule has 1 aliphatic rings. The molecule has 3 nitrogen and oxygen atoms in total. The molecule has 0 spiro atoms. The number of ether oxygens (including phenoxy) is 3. The van der Waals surface area contributed by atoms with Gasteiger partial charge in [0, 0.05) is 5.41 Å². The van der Waals surface area contributed by atoms with E-state index in [1.807, 2.05) is 0 Å². The fourth-order valence-electron chi connectivity index (χ4n) is 4.88. The first kappa shape index (κ1) is 21.5. The molecule has 0 aromatic heterocycles. The van der Waals surface area contributed by atoms with E-state index in [0.717, 1.165) is 37.2 Å². The zero-order valence-corrected chi connectivity index (χ0v) is 18.7. The Morgan fingerprint density at radius 2 is 1.26 bits per heavy atom. The number of rotatable bonds is 8. The lowest BCUT2D eigenvalue weighted by Gasteiger charge is -2.37. The van der Waals surface area contributed by atoms with Crippen LogP contribution in [0, 0.1) is 0 Å². The summed E-state index contributed by atoms with van der Waals surface area (Å²) >= 11 is 0. The van der Waals surface area contributed by atoms with Crippen molar-refractivity contribution in [1.82, 2.24) is 0 Å². The van der Waals surface area contributed by atoms with Crippen LogP contribution in [0.15, 0.2) is 78.9 Å². The van der Waals surface area contributed by atoms with E-state index in [9.17, 15) is 0 Å². The zero-order chi connectivity index (χ0) is 21.7. The fraction of sp³-hybridized carbons (Fsp3) is 0.357. The molecule has 1 aliphatic heterocycles. The summed E-state index contributed by atoms with van der Waals surface area (Å²) in [5.74, 6) is 1.74. The van der Waals surface area contributed by atoms with Crippen LogP contribution in [0.25, 0.3) is 0 Å². The lowest BCUT2D eigenvalue weighted by Crippen LogP contribution is -2.31. The number of benzene rings is 3. The van der Waals surface area contributed by atoms with Gasteiger partial charge in [0.25, 0.3) is 0 Å².